The second-order valence-corrected chi connectivity index (χ2v) is 7.41. The lowest BCUT2D eigenvalue weighted by molar-refractivity contribution is -0.0603. The normalized spacial score (nSPS) is 32.2. The van der Waals surface area contributed by atoms with Crippen molar-refractivity contribution in [3.05, 3.63) is 0 Å². The number of nitrogens with one attached hydrogen (secondary N) is 1. The van der Waals surface area contributed by atoms with Gasteiger partial charge in [-0.2, -0.15) is 0 Å². The minimum atomic E-state index is 0.00720. The van der Waals surface area contributed by atoms with Gasteiger partial charge in [0.1, 0.15) is 0 Å². The number of ether oxygens (including phenoxy) is 1. The lowest BCUT2D eigenvalue weighted by Crippen LogP contribution is -2.46. The van der Waals surface area contributed by atoms with Crippen LogP contribution in [0.2, 0.25) is 0 Å². The first-order valence-corrected chi connectivity index (χ1v) is 8.06. The number of hydrogen-bond acceptors (Lipinski definition) is 4. The Bertz CT molecular complexity index is 315. The topological polar surface area (TPSA) is 33.6 Å². The summed E-state index contributed by atoms with van der Waals surface area (Å²) < 4.78 is 5.76. The number of thioether (sulfide) groups is 1. The van der Waals surface area contributed by atoms with Gasteiger partial charge >= 0.3 is 0 Å². The van der Waals surface area contributed by atoms with Crippen molar-refractivity contribution in [2.24, 2.45) is 10.9 Å². The van der Waals surface area contributed by atoms with Crippen LogP contribution in [0.1, 0.15) is 47.0 Å². The first kappa shape index (κ1) is 14.2. The average Bonchev–Trinajstić information content (AvgIpc) is 2.28. The van der Waals surface area contributed by atoms with Gasteiger partial charge in [-0.25, -0.2) is 0 Å². The largest absolute Gasteiger partial charge is 0.375 e. The zero-order chi connectivity index (χ0) is 13.2. The second-order valence-electron chi connectivity index (χ2n) is 6.32. The highest BCUT2D eigenvalue weighted by Crippen LogP contribution is 2.26. The van der Waals surface area contributed by atoms with Gasteiger partial charge in [-0.15, -0.1) is 0 Å². The Morgan fingerprint density at radius 2 is 2.17 bits per heavy atom. The van der Waals surface area contributed by atoms with Gasteiger partial charge in [-0.05, 0) is 39.0 Å². The summed E-state index contributed by atoms with van der Waals surface area (Å²) in [5, 5.41) is 4.79. The highest BCUT2D eigenvalue weighted by atomic mass is 32.2. The Morgan fingerprint density at radius 3 is 2.83 bits per heavy atom. The number of amidine groups is 1. The molecule has 2 rings (SSSR count). The van der Waals surface area contributed by atoms with E-state index in [9.17, 15) is 0 Å². The van der Waals surface area contributed by atoms with E-state index in [0.29, 0.717) is 18.0 Å². The number of aliphatic imine (C=N–C) groups is 1. The van der Waals surface area contributed by atoms with Gasteiger partial charge < -0.3 is 10.1 Å². The molecular weight excluding hydrogens is 244 g/mol. The predicted molar refractivity (Wildman–Crippen MR) is 79.3 cm³/mol. The van der Waals surface area contributed by atoms with Crippen molar-refractivity contribution in [3.63, 3.8) is 0 Å². The standard InChI is InChI=1S/C14H26N2OS/c1-10(2)12-6-8-18-13(16-12)15-11-5-7-17-14(3,4)9-11/h10-12H,5-9H2,1-4H3,(H,15,16). The van der Waals surface area contributed by atoms with E-state index in [-0.39, 0.29) is 5.60 Å². The molecule has 1 fully saturated rings. The van der Waals surface area contributed by atoms with Crippen LogP contribution in [0.25, 0.3) is 0 Å². The molecule has 2 aliphatic rings. The molecule has 0 aromatic heterocycles. The summed E-state index contributed by atoms with van der Waals surface area (Å²) in [5.74, 6) is 1.84. The molecule has 0 aliphatic carbocycles. The number of hydrogen-bond donors (Lipinski definition) is 1. The van der Waals surface area contributed by atoms with Crippen LogP contribution in [0.3, 0.4) is 0 Å². The van der Waals surface area contributed by atoms with Gasteiger partial charge in [0, 0.05) is 18.4 Å². The Labute approximate surface area is 115 Å². The molecule has 0 radical (unpaired) electrons. The third-order valence-electron chi connectivity index (χ3n) is 3.73. The van der Waals surface area contributed by atoms with E-state index >= 15 is 0 Å². The van der Waals surface area contributed by atoms with Gasteiger partial charge in [-0.1, -0.05) is 25.6 Å². The zero-order valence-corrected chi connectivity index (χ0v) is 12.8. The number of rotatable bonds is 2. The van der Waals surface area contributed by atoms with E-state index in [1.54, 1.807) is 0 Å². The average molecular weight is 270 g/mol. The predicted octanol–water partition coefficient (Wildman–Crippen LogP) is 3.05. The third-order valence-corrected chi connectivity index (χ3v) is 4.67. The molecule has 0 spiro atoms. The first-order valence-electron chi connectivity index (χ1n) is 7.07. The molecule has 18 heavy (non-hydrogen) atoms. The summed E-state index contributed by atoms with van der Waals surface area (Å²) in [4.78, 5) is 4.85. The molecule has 1 saturated heterocycles. The van der Waals surface area contributed by atoms with Gasteiger partial charge in [-0.3, -0.25) is 4.99 Å². The quantitative estimate of drug-likeness (QED) is 0.837. The highest BCUT2D eigenvalue weighted by Gasteiger charge is 2.30. The fourth-order valence-electron chi connectivity index (χ4n) is 2.62. The van der Waals surface area contributed by atoms with Crippen molar-refractivity contribution in [2.75, 3.05) is 12.4 Å². The van der Waals surface area contributed by atoms with Gasteiger partial charge in [0.15, 0.2) is 5.17 Å². The molecule has 2 heterocycles. The van der Waals surface area contributed by atoms with Crippen LogP contribution in [0.5, 0.6) is 0 Å². The second kappa shape index (κ2) is 5.83. The summed E-state index contributed by atoms with van der Waals surface area (Å²) in [5.41, 5.74) is 0.00720. The van der Waals surface area contributed by atoms with Crippen molar-refractivity contribution in [1.29, 1.82) is 0 Å². The maximum absolute atomic E-state index is 5.76. The summed E-state index contributed by atoms with van der Waals surface area (Å²) in [7, 11) is 0. The van der Waals surface area contributed by atoms with Gasteiger partial charge in [0.25, 0.3) is 0 Å². The third kappa shape index (κ3) is 3.89. The van der Waals surface area contributed by atoms with E-state index in [1.165, 1.54) is 12.2 Å². The maximum atomic E-state index is 5.76. The molecule has 2 atom stereocenters. The van der Waals surface area contributed by atoms with Crippen LogP contribution < -0.4 is 5.32 Å². The van der Waals surface area contributed by atoms with Crippen LogP contribution in [-0.4, -0.2) is 35.2 Å². The summed E-state index contributed by atoms with van der Waals surface area (Å²) in [6, 6.07) is 1.02. The Kier molecular flexibility index (Phi) is 4.59. The van der Waals surface area contributed by atoms with E-state index in [2.05, 4.69) is 33.0 Å². The SMILES string of the molecule is CC(C)C1CCSC(NC2CCOC(C)(C)C2)=N1. The van der Waals surface area contributed by atoms with Crippen LogP contribution >= 0.6 is 11.8 Å². The molecule has 104 valence electrons. The van der Waals surface area contributed by atoms with Gasteiger partial charge in [0.2, 0.25) is 0 Å². The van der Waals surface area contributed by atoms with Crippen LogP contribution in [-0.2, 0) is 4.74 Å². The zero-order valence-electron chi connectivity index (χ0n) is 12.0. The summed E-state index contributed by atoms with van der Waals surface area (Å²) in [6.45, 7) is 9.73. The van der Waals surface area contributed by atoms with E-state index in [0.717, 1.165) is 24.6 Å². The lowest BCUT2D eigenvalue weighted by atomic mass is 9.94. The summed E-state index contributed by atoms with van der Waals surface area (Å²) >= 11 is 1.88. The molecule has 2 unspecified atom stereocenters. The van der Waals surface area contributed by atoms with Crippen molar-refractivity contribution in [1.82, 2.24) is 5.32 Å². The van der Waals surface area contributed by atoms with Crippen molar-refractivity contribution < 1.29 is 4.74 Å². The van der Waals surface area contributed by atoms with Crippen molar-refractivity contribution in [3.8, 4) is 0 Å². The molecule has 3 nitrogen and oxygen atoms in total. The molecule has 0 aromatic carbocycles. The summed E-state index contributed by atoms with van der Waals surface area (Å²) in [6.07, 6.45) is 3.38. The highest BCUT2D eigenvalue weighted by molar-refractivity contribution is 8.13. The minimum Gasteiger partial charge on any atom is -0.375 e. The molecule has 0 amide bonds. The molecule has 4 heteroatoms. The smallest absolute Gasteiger partial charge is 0.157 e. The van der Waals surface area contributed by atoms with Gasteiger partial charge in [0.05, 0.1) is 11.6 Å². The molecule has 2 aliphatic heterocycles. The number of nitrogens with zero attached hydrogens (tertiary/aromatic N) is 1. The van der Waals surface area contributed by atoms with E-state index in [4.69, 9.17) is 9.73 Å². The lowest BCUT2D eigenvalue weighted by Gasteiger charge is -2.37. The van der Waals surface area contributed by atoms with Crippen LogP contribution in [0.4, 0.5) is 0 Å². The molecule has 1 N–H and O–H groups in total. The molecule has 0 bridgehead atoms. The Hall–Kier alpha value is -0.220. The molecular formula is C14H26N2OS. The monoisotopic (exact) mass is 270 g/mol. The van der Waals surface area contributed by atoms with E-state index in [1.807, 2.05) is 11.8 Å². The fraction of sp³-hybridized carbons (Fsp3) is 0.929. The molecule has 0 saturated carbocycles. The van der Waals surface area contributed by atoms with E-state index < -0.39 is 0 Å². The maximum Gasteiger partial charge on any atom is 0.157 e. The Morgan fingerprint density at radius 1 is 1.39 bits per heavy atom. The minimum absolute atomic E-state index is 0.00720. The Balaban J connectivity index is 1.92. The van der Waals surface area contributed by atoms with Crippen LogP contribution in [0, 0.1) is 5.92 Å². The first-order chi connectivity index (χ1) is 8.46. The van der Waals surface area contributed by atoms with Crippen molar-refractivity contribution >= 4 is 16.9 Å². The van der Waals surface area contributed by atoms with Crippen molar-refractivity contribution in [2.45, 2.75) is 64.6 Å². The van der Waals surface area contributed by atoms with Crippen LogP contribution in [0.15, 0.2) is 4.99 Å². The molecule has 0 aromatic rings. The fourth-order valence-corrected chi connectivity index (χ4v) is 3.63.